The van der Waals surface area contributed by atoms with E-state index < -0.39 is 0 Å². The molecule has 0 aliphatic carbocycles. The van der Waals surface area contributed by atoms with Crippen LogP contribution in [0, 0.1) is 0 Å². The van der Waals surface area contributed by atoms with Crippen LogP contribution in [0.4, 0.5) is 5.82 Å². The maximum Gasteiger partial charge on any atom is 0.274 e. The van der Waals surface area contributed by atoms with Crippen molar-refractivity contribution in [2.45, 2.75) is 6.54 Å². The largest absolute Gasteiger partial charge is 0.304 e. The van der Waals surface area contributed by atoms with Gasteiger partial charge in [-0.3, -0.25) is 14.6 Å². The highest BCUT2D eigenvalue weighted by molar-refractivity contribution is 6.35. The van der Waals surface area contributed by atoms with Crippen molar-refractivity contribution in [2.75, 3.05) is 5.32 Å². The zero-order valence-electron chi connectivity index (χ0n) is 14.9. The zero-order chi connectivity index (χ0) is 20.4. The Hall–Kier alpha value is -2.80. The number of halogens is 3. The van der Waals surface area contributed by atoms with E-state index in [-0.39, 0.29) is 5.91 Å². The number of rotatable bonds is 5. The highest BCUT2D eigenvalue weighted by Gasteiger charge is 2.13. The van der Waals surface area contributed by atoms with Crippen molar-refractivity contribution in [1.82, 2.24) is 20.0 Å². The van der Waals surface area contributed by atoms with Gasteiger partial charge in [-0.15, -0.1) is 0 Å². The number of nitrogens with one attached hydrogen (secondary N) is 2. The van der Waals surface area contributed by atoms with Crippen molar-refractivity contribution in [1.29, 1.82) is 0 Å². The molecule has 9 heteroatoms. The van der Waals surface area contributed by atoms with Gasteiger partial charge in [-0.1, -0.05) is 53.0 Å². The second-order valence-electron chi connectivity index (χ2n) is 6.26. The van der Waals surface area contributed by atoms with Crippen LogP contribution in [0.2, 0.25) is 15.1 Å². The van der Waals surface area contributed by atoms with Crippen molar-refractivity contribution in [3.63, 3.8) is 0 Å². The fourth-order valence-electron chi connectivity index (χ4n) is 2.73. The molecule has 2 heterocycles. The van der Waals surface area contributed by atoms with Gasteiger partial charge in [0.15, 0.2) is 5.82 Å². The first-order valence-corrected chi connectivity index (χ1v) is 9.71. The van der Waals surface area contributed by atoms with Crippen LogP contribution in [0.15, 0.2) is 60.8 Å². The lowest BCUT2D eigenvalue weighted by Gasteiger charge is -2.05. The second kappa shape index (κ2) is 8.29. The van der Waals surface area contributed by atoms with Crippen molar-refractivity contribution in [3.05, 3.63) is 87.1 Å². The minimum Gasteiger partial charge on any atom is -0.304 e. The molecule has 1 amide bonds. The van der Waals surface area contributed by atoms with Gasteiger partial charge in [0.05, 0.1) is 12.2 Å². The number of anilines is 1. The van der Waals surface area contributed by atoms with E-state index in [4.69, 9.17) is 34.8 Å². The number of carbonyl (C=O) groups is 1. The summed E-state index contributed by atoms with van der Waals surface area (Å²) in [4.78, 5) is 12.5. The normalized spacial score (nSPS) is 10.9. The molecular formula is C20H14Cl3N5O. The van der Waals surface area contributed by atoms with Gasteiger partial charge in [-0.05, 0) is 35.9 Å². The number of hydrogen-bond acceptors (Lipinski definition) is 3. The van der Waals surface area contributed by atoms with E-state index in [1.807, 2.05) is 18.2 Å². The predicted octanol–water partition coefficient (Wildman–Crippen LogP) is 5.53. The summed E-state index contributed by atoms with van der Waals surface area (Å²) in [6.07, 6.45) is 1.76. The van der Waals surface area contributed by atoms with Gasteiger partial charge in [0.1, 0.15) is 5.69 Å². The van der Waals surface area contributed by atoms with Gasteiger partial charge in [-0.25, -0.2) is 0 Å². The molecule has 0 aliphatic heterocycles. The Bertz CT molecular complexity index is 1170. The summed E-state index contributed by atoms with van der Waals surface area (Å²) < 4.78 is 1.68. The number of nitrogens with zero attached hydrogens (tertiary/aromatic N) is 3. The highest BCUT2D eigenvalue weighted by Crippen LogP contribution is 2.22. The molecule has 146 valence electrons. The van der Waals surface area contributed by atoms with Crippen LogP contribution < -0.4 is 5.32 Å². The van der Waals surface area contributed by atoms with Crippen LogP contribution in [0.3, 0.4) is 0 Å². The lowest BCUT2D eigenvalue weighted by atomic mass is 10.1. The molecule has 2 aromatic heterocycles. The van der Waals surface area contributed by atoms with Crippen LogP contribution >= 0.6 is 34.8 Å². The number of aromatic nitrogens is 4. The molecule has 0 fully saturated rings. The third kappa shape index (κ3) is 4.62. The maximum absolute atomic E-state index is 12.5. The molecule has 4 aromatic rings. The van der Waals surface area contributed by atoms with Crippen molar-refractivity contribution in [3.8, 4) is 11.3 Å². The average molecular weight is 447 g/mol. The SMILES string of the molecule is O=C(Nc1ccn(Cc2ccc(Cl)cc2Cl)n1)c1cc(-c2ccc(Cl)cc2)n[nH]1. The molecule has 6 nitrogen and oxygen atoms in total. The molecule has 4 rings (SSSR count). The van der Waals surface area contributed by atoms with Crippen molar-refractivity contribution < 1.29 is 4.79 Å². The van der Waals surface area contributed by atoms with Crippen LogP contribution in [0.1, 0.15) is 16.1 Å². The molecule has 2 aromatic carbocycles. The molecule has 0 spiro atoms. The Morgan fingerprint density at radius 2 is 1.76 bits per heavy atom. The topological polar surface area (TPSA) is 75.6 Å². The zero-order valence-corrected chi connectivity index (χ0v) is 17.1. The average Bonchev–Trinajstić information content (AvgIpc) is 3.34. The number of amides is 1. The first-order valence-electron chi connectivity index (χ1n) is 8.58. The summed E-state index contributed by atoms with van der Waals surface area (Å²) in [6, 6.07) is 15.9. The molecule has 0 saturated heterocycles. The smallest absolute Gasteiger partial charge is 0.274 e. The van der Waals surface area contributed by atoms with Crippen molar-refractivity contribution in [2.24, 2.45) is 0 Å². The Kier molecular flexibility index (Phi) is 5.58. The van der Waals surface area contributed by atoms with Crippen LogP contribution in [0.5, 0.6) is 0 Å². The molecule has 0 bridgehead atoms. The van der Waals surface area contributed by atoms with E-state index in [9.17, 15) is 4.79 Å². The number of aromatic amines is 1. The Labute approximate surface area is 181 Å². The molecule has 0 unspecified atom stereocenters. The van der Waals surface area contributed by atoms with Crippen LogP contribution in [-0.2, 0) is 6.54 Å². The lowest BCUT2D eigenvalue weighted by molar-refractivity contribution is 0.102. The quantitative estimate of drug-likeness (QED) is 0.423. The Balaban J connectivity index is 1.43. The summed E-state index contributed by atoms with van der Waals surface area (Å²) in [5, 5.41) is 15.8. The molecule has 29 heavy (non-hydrogen) atoms. The highest BCUT2D eigenvalue weighted by atomic mass is 35.5. The van der Waals surface area contributed by atoms with Gasteiger partial charge >= 0.3 is 0 Å². The van der Waals surface area contributed by atoms with Gasteiger partial charge in [0.2, 0.25) is 0 Å². The van der Waals surface area contributed by atoms with Gasteiger partial charge in [-0.2, -0.15) is 10.2 Å². The maximum atomic E-state index is 12.5. The van der Waals surface area contributed by atoms with Gasteiger partial charge < -0.3 is 5.32 Å². The van der Waals surface area contributed by atoms with E-state index >= 15 is 0 Å². The van der Waals surface area contributed by atoms with E-state index in [0.29, 0.717) is 38.8 Å². The molecular weight excluding hydrogens is 433 g/mol. The molecule has 0 atom stereocenters. The molecule has 0 aliphatic rings. The Morgan fingerprint density at radius 1 is 1.00 bits per heavy atom. The summed E-state index contributed by atoms with van der Waals surface area (Å²) >= 11 is 18.0. The number of benzene rings is 2. The minimum atomic E-state index is -0.340. The van der Waals surface area contributed by atoms with Crippen molar-refractivity contribution >= 4 is 46.5 Å². The van der Waals surface area contributed by atoms with Crippen LogP contribution in [0.25, 0.3) is 11.3 Å². The minimum absolute atomic E-state index is 0.324. The summed E-state index contributed by atoms with van der Waals surface area (Å²) in [7, 11) is 0. The summed E-state index contributed by atoms with van der Waals surface area (Å²) in [5.74, 6) is 0.0789. The first kappa shape index (κ1) is 19.5. The summed E-state index contributed by atoms with van der Waals surface area (Å²) in [6.45, 7) is 0.455. The molecule has 0 saturated carbocycles. The van der Waals surface area contributed by atoms with E-state index in [2.05, 4.69) is 20.6 Å². The van der Waals surface area contributed by atoms with Gasteiger partial charge in [0, 0.05) is 32.9 Å². The van der Waals surface area contributed by atoms with E-state index in [1.165, 1.54) is 0 Å². The standard InChI is InChI=1S/C20H14Cl3N5O/c21-14-4-1-12(2-5-14)17-10-18(26-25-17)20(29)24-19-7-8-28(27-19)11-13-3-6-15(22)9-16(13)23/h1-10H,11H2,(H,25,26)(H,24,27,29). The Morgan fingerprint density at radius 3 is 2.52 bits per heavy atom. The monoisotopic (exact) mass is 445 g/mol. The lowest BCUT2D eigenvalue weighted by Crippen LogP contribution is -2.13. The third-order valence-electron chi connectivity index (χ3n) is 4.19. The van der Waals surface area contributed by atoms with Crippen LogP contribution in [-0.4, -0.2) is 25.9 Å². The fourth-order valence-corrected chi connectivity index (χ4v) is 3.33. The number of carbonyl (C=O) groups excluding carboxylic acids is 1. The number of H-pyrrole nitrogens is 1. The molecule has 0 radical (unpaired) electrons. The second-order valence-corrected chi connectivity index (χ2v) is 7.54. The first-order chi connectivity index (χ1) is 14.0. The summed E-state index contributed by atoms with van der Waals surface area (Å²) in [5.41, 5.74) is 2.70. The predicted molar refractivity (Wildman–Crippen MR) is 115 cm³/mol. The van der Waals surface area contributed by atoms with E-state index in [0.717, 1.165) is 11.1 Å². The number of hydrogen-bond donors (Lipinski definition) is 2. The van der Waals surface area contributed by atoms with Gasteiger partial charge in [0.25, 0.3) is 5.91 Å². The third-order valence-corrected chi connectivity index (χ3v) is 5.03. The van der Waals surface area contributed by atoms with E-state index in [1.54, 1.807) is 47.3 Å². The molecule has 2 N–H and O–H groups in total. The fraction of sp³-hybridized carbons (Fsp3) is 0.0500.